The first kappa shape index (κ1) is 37.0. The van der Waals surface area contributed by atoms with Gasteiger partial charge in [0.25, 0.3) is 11.1 Å². The van der Waals surface area contributed by atoms with Crippen molar-refractivity contribution in [3.63, 3.8) is 0 Å². The van der Waals surface area contributed by atoms with Gasteiger partial charge in [-0.3, -0.25) is 32.7 Å². The molecule has 17 heteroatoms. The maximum Gasteiger partial charge on any atom is 0.417 e. The number of carbonyl (C=O) groups is 1. The van der Waals surface area contributed by atoms with E-state index < -0.39 is 28.9 Å². The van der Waals surface area contributed by atoms with E-state index in [0.29, 0.717) is 41.7 Å². The predicted octanol–water partition coefficient (Wildman–Crippen LogP) is 2.38. The number of hydrogen-bond donors (Lipinski definition) is 1. The van der Waals surface area contributed by atoms with Gasteiger partial charge in [-0.15, -0.1) is 0 Å². The largest absolute Gasteiger partial charge is 0.417 e. The number of aromatic nitrogens is 8. The Labute approximate surface area is 284 Å². The number of imidazole rings is 2. The van der Waals surface area contributed by atoms with Crippen LogP contribution in [0.2, 0.25) is 0 Å². The minimum absolute atomic E-state index is 0.0960. The second-order valence-electron chi connectivity index (χ2n) is 14.3. The average Bonchev–Trinajstić information content (AvgIpc) is 3.66. The van der Waals surface area contributed by atoms with Crippen molar-refractivity contribution in [2.24, 2.45) is 51.9 Å². The van der Waals surface area contributed by atoms with E-state index in [4.69, 9.17) is 0 Å². The van der Waals surface area contributed by atoms with Crippen molar-refractivity contribution in [2.75, 3.05) is 0 Å². The lowest BCUT2D eigenvalue weighted by Gasteiger charge is -2.39. The molecule has 0 bridgehead atoms. The number of hydrogen-bond acceptors (Lipinski definition) is 8. The monoisotopic (exact) mass is 706 g/mol. The highest BCUT2D eigenvalue weighted by Gasteiger charge is 2.55. The fourth-order valence-electron chi connectivity index (χ4n) is 7.52. The van der Waals surface area contributed by atoms with Gasteiger partial charge in [0.05, 0.1) is 12.7 Å². The number of rotatable bonds is 6. The fraction of sp³-hybridized carbons (Fsp3) is 0.667. The van der Waals surface area contributed by atoms with Crippen molar-refractivity contribution < 1.29 is 23.1 Å². The van der Waals surface area contributed by atoms with Gasteiger partial charge in [0.2, 0.25) is 0 Å². The molecule has 1 unspecified atom stereocenters. The Kier molecular flexibility index (Phi) is 10.2. The number of alkyl halides is 3. The van der Waals surface area contributed by atoms with Crippen molar-refractivity contribution in [1.29, 1.82) is 0 Å². The molecule has 0 radical (unpaired) electrons. The van der Waals surface area contributed by atoms with Gasteiger partial charge < -0.3 is 14.2 Å². The lowest BCUT2D eigenvalue weighted by Crippen LogP contribution is -2.50. The summed E-state index contributed by atoms with van der Waals surface area (Å²) in [5.41, 5.74) is -2.79. The number of aryl methyl sites for hydroxylation is 4. The second kappa shape index (κ2) is 13.8. The molecule has 4 heterocycles. The third-order valence-corrected chi connectivity index (χ3v) is 10.9. The minimum Gasteiger partial charge on any atom is -0.380 e. The normalized spacial score (nSPS) is 22.7. The average molecular weight is 707 g/mol. The molecule has 1 atom stereocenters. The number of Topliss-reactive ketones (excluding diaryl/α,β-unsaturated/α-hetero) is 1. The summed E-state index contributed by atoms with van der Waals surface area (Å²) in [5.74, 6) is -0.325. The smallest absolute Gasteiger partial charge is 0.380 e. The van der Waals surface area contributed by atoms with Crippen molar-refractivity contribution in [3.05, 3.63) is 54.3 Å². The van der Waals surface area contributed by atoms with Crippen molar-refractivity contribution in [1.82, 2.24) is 37.4 Å². The molecule has 0 aromatic carbocycles. The Hall–Kier alpha value is -4.28. The Morgan fingerprint density at radius 3 is 1.48 bits per heavy atom. The Morgan fingerprint density at radius 2 is 1.12 bits per heavy atom. The highest BCUT2D eigenvalue weighted by molar-refractivity contribution is 5.78. The molecule has 50 heavy (non-hydrogen) atoms. The lowest BCUT2D eigenvalue weighted by atomic mass is 9.74. The molecule has 2 aliphatic carbocycles. The van der Waals surface area contributed by atoms with E-state index in [1.165, 1.54) is 27.1 Å². The maximum absolute atomic E-state index is 13.0. The zero-order valence-electron chi connectivity index (χ0n) is 29.2. The summed E-state index contributed by atoms with van der Waals surface area (Å²) in [6, 6.07) is 0. The van der Waals surface area contributed by atoms with Crippen molar-refractivity contribution in [2.45, 2.75) is 90.1 Å². The number of halogens is 3. The van der Waals surface area contributed by atoms with Gasteiger partial charge >= 0.3 is 17.6 Å². The van der Waals surface area contributed by atoms with E-state index >= 15 is 0 Å². The van der Waals surface area contributed by atoms with Gasteiger partial charge in [0.1, 0.15) is 5.78 Å². The van der Waals surface area contributed by atoms with Crippen LogP contribution in [0.3, 0.4) is 0 Å². The molecule has 0 saturated heterocycles. The van der Waals surface area contributed by atoms with Gasteiger partial charge in [0, 0.05) is 47.2 Å². The highest BCUT2D eigenvalue weighted by Crippen LogP contribution is 2.44. The van der Waals surface area contributed by atoms with Crippen LogP contribution < -0.4 is 22.5 Å². The summed E-state index contributed by atoms with van der Waals surface area (Å²) in [6.45, 7) is 3.01. The van der Waals surface area contributed by atoms with Gasteiger partial charge in [-0.05, 0) is 83.0 Å². The predicted molar refractivity (Wildman–Crippen MR) is 179 cm³/mol. The molecule has 0 aliphatic heterocycles. The number of nitrogens with zero attached hydrogens (tertiary/aromatic N) is 8. The van der Waals surface area contributed by atoms with E-state index in [0.717, 1.165) is 37.2 Å². The van der Waals surface area contributed by atoms with Crippen LogP contribution in [0.4, 0.5) is 13.2 Å². The molecule has 6 rings (SSSR count). The fourth-order valence-corrected chi connectivity index (χ4v) is 7.52. The Bertz CT molecular complexity index is 2130. The van der Waals surface area contributed by atoms with E-state index in [1.807, 2.05) is 0 Å². The molecule has 14 nitrogen and oxygen atoms in total. The van der Waals surface area contributed by atoms with Crippen molar-refractivity contribution >= 4 is 28.1 Å². The summed E-state index contributed by atoms with van der Waals surface area (Å²) in [7, 11) is 6.59. The highest BCUT2D eigenvalue weighted by atomic mass is 19.4. The van der Waals surface area contributed by atoms with Crippen LogP contribution >= 0.6 is 0 Å². The third-order valence-electron chi connectivity index (χ3n) is 10.9. The first-order chi connectivity index (χ1) is 23.3. The van der Waals surface area contributed by atoms with Gasteiger partial charge in [-0.1, -0.05) is 0 Å². The second-order valence-corrected chi connectivity index (χ2v) is 14.3. The van der Waals surface area contributed by atoms with Crippen molar-refractivity contribution in [3.8, 4) is 0 Å². The summed E-state index contributed by atoms with van der Waals surface area (Å²) in [4.78, 5) is 70.0. The lowest BCUT2D eigenvalue weighted by molar-refractivity contribution is -0.275. The summed E-state index contributed by atoms with van der Waals surface area (Å²) >= 11 is 0. The molecule has 0 amide bonds. The molecule has 0 spiro atoms. The van der Waals surface area contributed by atoms with Gasteiger partial charge in [0.15, 0.2) is 27.9 Å². The van der Waals surface area contributed by atoms with E-state index in [1.54, 1.807) is 43.5 Å². The SMILES string of the molecule is CC(=O)C1CCC(Cn2c(=O)c3c(ncn3C)n(C)c2=O)CC1.Cn1cnc2c1c(=O)n(CC1CCC(C(C)(O)C(F)(F)F)CC1)c(=O)n2C. The summed E-state index contributed by atoms with van der Waals surface area (Å²) in [5, 5.41) is 9.86. The van der Waals surface area contributed by atoms with Gasteiger partial charge in [-0.25, -0.2) is 19.6 Å². The Morgan fingerprint density at radius 1 is 0.740 bits per heavy atom. The quantitative estimate of drug-likeness (QED) is 0.320. The van der Waals surface area contributed by atoms with Crippen LogP contribution in [0.15, 0.2) is 31.8 Å². The molecular formula is C33H45F3N8O6. The first-order valence-corrected chi connectivity index (χ1v) is 16.9. The molecule has 274 valence electrons. The van der Waals surface area contributed by atoms with Crippen LogP contribution in [0.5, 0.6) is 0 Å². The van der Waals surface area contributed by atoms with E-state index in [9.17, 15) is 42.3 Å². The summed E-state index contributed by atoms with van der Waals surface area (Å²) < 4.78 is 47.4. The van der Waals surface area contributed by atoms with E-state index in [2.05, 4.69) is 9.97 Å². The van der Waals surface area contributed by atoms with Crippen LogP contribution in [0, 0.1) is 23.7 Å². The topological polar surface area (TPSA) is 161 Å². The molecular weight excluding hydrogens is 661 g/mol. The summed E-state index contributed by atoms with van der Waals surface area (Å²) in [6.07, 6.45) is 3.00. The standard InChI is InChI=1S/C17H23F3N4O3.C16H22N4O3/c1-16(27,17(18,19)20)11-6-4-10(5-7-11)8-24-14(25)12-13(21-9-22(12)2)23(3)15(24)26;1-10(21)12-6-4-11(5-7-12)8-20-15(22)13-14(17-9-18(13)2)19(3)16(20)23/h9-11,27H,4-8H2,1-3H3;9,11-12H,4-8H2,1-3H3. The van der Waals surface area contributed by atoms with Crippen LogP contribution in [-0.4, -0.2) is 60.0 Å². The molecule has 2 fully saturated rings. The van der Waals surface area contributed by atoms with Crippen LogP contribution in [0.25, 0.3) is 22.3 Å². The van der Waals surface area contributed by atoms with Crippen LogP contribution in [-0.2, 0) is 46.1 Å². The van der Waals surface area contributed by atoms with Crippen LogP contribution in [0.1, 0.15) is 65.2 Å². The van der Waals surface area contributed by atoms with Gasteiger partial charge in [-0.2, -0.15) is 13.2 Å². The number of ketones is 1. The zero-order chi connectivity index (χ0) is 36.9. The molecule has 2 saturated carbocycles. The van der Waals surface area contributed by atoms with E-state index in [-0.39, 0.29) is 54.2 Å². The Balaban J connectivity index is 0.000000197. The number of fused-ring (bicyclic) bond motifs is 2. The molecule has 1 N–H and O–H groups in total. The first-order valence-electron chi connectivity index (χ1n) is 16.9. The maximum atomic E-state index is 13.0. The number of aliphatic hydroxyl groups is 1. The third kappa shape index (κ3) is 6.75. The molecule has 4 aromatic heterocycles. The zero-order valence-corrected chi connectivity index (χ0v) is 29.2. The molecule has 4 aromatic rings. The molecule has 2 aliphatic rings. The minimum atomic E-state index is -4.68. The number of carbonyl (C=O) groups excluding carboxylic acids is 1.